The predicted octanol–water partition coefficient (Wildman–Crippen LogP) is 2.79. The molecule has 6 heteroatoms. The number of anilines is 1. The largest absolute Gasteiger partial charge is 0.467 e. The third kappa shape index (κ3) is 3.11. The Morgan fingerprint density at radius 3 is 2.86 bits per heavy atom. The molecule has 0 spiro atoms. The molecule has 3 aromatic rings. The highest BCUT2D eigenvalue weighted by Crippen LogP contribution is 2.18. The van der Waals surface area contributed by atoms with Gasteiger partial charge in [0.15, 0.2) is 0 Å². The standard InChI is InChI=1S/C15H14N4O2/c20-15(16-11-12-5-3-10-21-12)18-13-6-1-2-7-14(13)19-9-4-8-17-19/h1-10H,11H2,(H2,16,18,20). The second-order valence-electron chi connectivity index (χ2n) is 4.35. The average Bonchev–Trinajstić information content (AvgIpc) is 3.19. The van der Waals surface area contributed by atoms with Gasteiger partial charge in [0.05, 0.1) is 24.2 Å². The Hall–Kier alpha value is -3.02. The van der Waals surface area contributed by atoms with Crippen LogP contribution in [0.5, 0.6) is 0 Å². The molecule has 0 radical (unpaired) electrons. The predicted molar refractivity (Wildman–Crippen MR) is 78.1 cm³/mol. The van der Waals surface area contributed by atoms with Crippen molar-refractivity contribution in [2.75, 3.05) is 5.32 Å². The molecule has 3 rings (SSSR count). The van der Waals surface area contributed by atoms with Gasteiger partial charge in [-0.25, -0.2) is 9.48 Å². The summed E-state index contributed by atoms with van der Waals surface area (Å²) in [7, 11) is 0. The van der Waals surface area contributed by atoms with Crippen LogP contribution in [0, 0.1) is 0 Å². The first-order chi connectivity index (χ1) is 10.3. The fourth-order valence-electron chi connectivity index (χ4n) is 1.94. The third-order valence-electron chi connectivity index (χ3n) is 2.91. The van der Waals surface area contributed by atoms with E-state index in [1.54, 1.807) is 29.3 Å². The van der Waals surface area contributed by atoms with E-state index >= 15 is 0 Å². The van der Waals surface area contributed by atoms with Crippen LogP contribution >= 0.6 is 0 Å². The fourth-order valence-corrected chi connectivity index (χ4v) is 1.94. The Bertz CT molecular complexity index is 705. The first-order valence-corrected chi connectivity index (χ1v) is 6.49. The highest BCUT2D eigenvalue weighted by Gasteiger charge is 2.08. The van der Waals surface area contributed by atoms with E-state index in [0.717, 1.165) is 5.69 Å². The lowest BCUT2D eigenvalue weighted by molar-refractivity contribution is 0.251. The second kappa shape index (κ2) is 5.96. The zero-order valence-corrected chi connectivity index (χ0v) is 11.2. The van der Waals surface area contributed by atoms with Crippen molar-refractivity contribution in [2.45, 2.75) is 6.54 Å². The van der Waals surface area contributed by atoms with Crippen molar-refractivity contribution in [3.05, 3.63) is 66.9 Å². The summed E-state index contributed by atoms with van der Waals surface area (Å²) in [5.74, 6) is 0.700. The number of carbonyl (C=O) groups is 1. The van der Waals surface area contributed by atoms with Gasteiger partial charge in [-0.1, -0.05) is 12.1 Å². The van der Waals surface area contributed by atoms with Crippen molar-refractivity contribution in [1.29, 1.82) is 0 Å². The molecule has 0 fully saturated rings. The molecule has 0 saturated carbocycles. The minimum Gasteiger partial charge on any atom is -0.467 e. The number of amides is 2. The molecule has 2 heterocycles. The summed E-state index contributed by atoms with van der Waals surface area (Å²) in [4.78, 5) is 11.9. The first-order valence-electron chi connectivity index (χ1n) is 6.49. The SMILES string of the molecule is O=C(NCc1ccco1)Nc1ccccc1-n1cccn1. The molecular weight excluding hydrogens is 268 g/mol. The van der Waals surface area contributed by atoms with E-state index in [-0.39, 0.29) is 6.03 Å². The Morgan fingerprint density at radius 2 is 2.10 bits per heavy atom. The number of benzene rings is 1. The van der Waals surface area contributed by atoms with Gasteiger partial charge in [0.25, 0.3) is 0 Å². The minimum absolute atomic E-state index is 0.300. The second-order valence-corrected chi connectivity index (χ2v) is 4.35. The van der Waals surface area contributed by atoms with E-state index in [9.17, 15) is 4.79 Å². The van der Waals surface area contributed by atoms with Gasteiger partial charge in [-0.15, -0.1) is 0 Å². The lowest BCUT2D eigenvalue weighted by atomic mass is 10.2. The third-order valence-corrected chi connectivity index (χ3v) is 2.91. The van der Waals surface area contributed by atoms with Crippen molar-refractivity contribution >= 4 is 11.7 Å². The van der Waals surface area contributed by atoms with E-state index in [1.165, 1.54) is 0 Å². The van der Waals surface area contributed by atoms with Crippen molar-refractivity contribution < 1.29 is 9.21 Å². The Morgan fingerprint density at radius 1 is 1.19 bits per heavy atom. The van der Waals surface area contributed by atoms with E-state index in [1.807, 2.05) is 36.5 Å². The van der Waals surface area contributed by atoms with Crippen LogP contribution < -0.4 is 10.6 Å². The van der Waals surface area contributed by atoms with Crippen LogP contribution in [0.25, 0.3) is 5.69 Å². The molecule has 106 valence electrons. The highest BCUT2D eigenvalue weighted by molar-refractivity contribution is 5.91. The highest BCUT2D eigenvalue weighted by atomic mass is 16.3. The van der Waals surface area contributed by atoms with Gasteiger partial charge in [-0.3, -0.25) is 0 Å². The lowest BCUT2D eigenvalue weighted by Gasteiger charge is -2.11. The molecule has 1 aromatic carbocycles. The van der Waals surface area contributed by atoms with Crippen LogP contribution in [-0.4, -0.2) is 15.8 Å². The maximum absolute atomic E-state index is 11.9. The number of carbonyl (C=O) groups excluding carboxylic acids is 1. The summed E-state index contributed by atoms with van der Waals surface area (Å²) < 4.78 is 6.86. The van der Waals surface area contributed by atoms with Crippen molar-refractivity contribution in [3.63, 3.8) is 0 Å². The van der Waals surface area contributed by atoms with Crippen LogP contribution in [0.4, 0.5) is 10.5 Å². The van der Waals surface area contributed by atoms with Crippen LogP contribution in [0.15, 0.2) is 65.5 Å². The molecule has 0 unspecified atom stereocenters. The maximum atomic E-state index is 11.9. The topological polar surface area (TPSA) is 72.1 Å². The number of nitrogens with one attached hydrogen (secondary N) is 2. The number of para-hydroxylation sites is 2. The molecule has 0 aliphatic rings. The molecule has 0 saturated heterocycles. The lowest BCUT2D eigenvalue weighted by Crippen LogP contribution is -2.28. The smallest absolute Gasteiger partial charge is 0.319 e. The molecule has 0 aliphatic carbocycles. The van der Waals surface area contributed by atoms with E-state index in [2.05, 4.69) is 15.7 Å². The molecule has 2 aromatic heterocycles. The quantitative estimate of drug-likeness (QED) is 0.773. The number of furan rings is 1. The van der Waals surface area contributed by atoms with E-state index in [4.69, 9.17) is 4.42 Å². The monoisotopic (exact) mass is 282 g/mol. The molecule has 6 nitrogen and oxygen atoms in total. The summed E-state index contributed by atoms with van der Waals surface area (Å²) in [5, 5.41) is 9.71. The first kappa shape index (κ1) is 13.0. The van der Waals surface area contributed by atoms with Crippen molar-refractivity contribution in [2.24, 2.45) is 0 Å². The van der Waals surface area contributed by atoms with Crippen LogP contribution in [0.3, 0.4) is 0 Å². The van der Waals surface area contributed by atoms with Crippen molar-refractivity contribution in [1.82, 2.24) is 15.1 Å². The normalized spacial score (nSPS) is 10.3. The zero-order valence-electron chi connectivity index (χ0n) is 11.2. The van der Waals surface area contributed by atoms with Gasteiger partial charge in [-0.2, -0.15) is 5.10 Å². The Kier molecular flexibility index (Phi) is 3.68. The molecular formula is C15H14N4O2. The Balaban J connectivity index is 1.69. The minimum atomic E-state index is -0.300. The molecule has 0 aliphatic heterocycles. The van der Waals surface area contributed by atoms with Gasteiger partial charge in [0.1, 0.15) is 5.76 Å². The Labute approximate surface area is 121 Å². The molecule has 21 heavy (non-hydrogen) atoms. The van der Waals surface area contributed by atoms with Gasteiger partial charge >= 0.3 is 6.03 Å². The van der Waals surface area contributed by atoms with Crippen LogP contribution in [0.1, 0.15) is 5.76 Å². The number of urea groups is 1. The fraction of sp³-hybridized carbons (Fsp3) is 0.0667. The van der Waals surface area contributed by atoms with Crippen LogP contribution in [0.2, 0.25) is 0 Å². The van der Waals surface area contributed by atoms with Gasteiger partial charge in [-0.05, 0) is 30.3 Å². The number of rotatable bonds is 4. The van der Waals surface area contributed by atoms with E-state index in [0.29, 0.717) is 18.0 Å². The van der Waals surface area contributed by atoms with Crippen LogP contribution in [-0.2, 0) is 6.54 Å². The van der Waals surface area contributed by atoms with Gasteiger partial charge < -0.3 is 15.1 Å². The summed E-state index contributed by atoms with van der Waals surface area (Å²) >= 11 is 0. The molecule has 2 amide bonds. The molecule has 2 N–H and O–H groups in total. The summed E-state index contributed by atoms with van der Waals surface area (Å²) in [6.45, 7) is 0.336. The number of nitrogens with zero attached hydrogens (tertiary/aromatic N) is 2. The maximum Gasteiger partial charge on any atom is 0.319 e. The zero-order chi connectivity index (χ0) is 14.5. The number of aromatic nitrogens is 2. The van der Waals surface area contributed by atoms with Crippen molar-refractivity contribution in [3.8, 4) is 5.69 Å². The number of hydrogen-bond acceptors (Lipinski definition) is 3. The number of hydrogen-bond donors (Lipinski definition) is 2. The summed E-state index contributed by atoms with van der Waals surface area (Å²) in [5.41, 5.74) is 1.48. The molecule has 0 atom stereocenters. The average molecular weight is 282 g/mol. The van der Waals surface area contributed by atoms with E-state index < -0.39 is 0 Å². The molecule has 0 bridgehead atoms. The summed E-state index contributed by atoms with van der Waals surface area (Å²) in [6, 6.07) is 12.6. The van der Waals surface area contributed by atoms with Gasteiger partial charge in [0, 0.05) is 12.4 Å². The van der Waals surface area contributed by atoms with Gasteiger partial charge in [0.2, 0.25) is 0 Å². The summed E-state index contributed by atoms with van der Waals surface area (Å²) in [6.07, 6.45) is 5.08.